The fourth-order valence-corrected chi connectivity index (χ4v) is 3.47. The highest BCUT2D eigenvalue weighted by atomic mass is 16.6. The van der Waals surface area contributed by atoms with Gasteiger partial charge in [0.2, 0.25) is 0 Å². The van der Waals surface area contributed by atoms with Crippen molar-refractivity contribution < 1.29 is 14.3 Å². The summed E-state index contributed by atoms with van der Waals surface area (Å²) in [6, 6.07) is 15.8. The molecule has 0 spiro atoms. The molecule has 10 nitrogen and oxygen atoms in total. The Bertz CT molecular complexity index is 1270. The summed E-state index contributed by atoms with van der Waals surface area (Å²) in [7, 11) is 0. The van der Waals surface area contributed by atoms with E-state index in [1.165, 1.54) is 0 Å². The minimum absolute atomic E-state index is 0.161. The summed E-state index contributed by atoms with van der Waals surface area (Å²) in [5.74, 6) is 0. The smallest absolute Gasteiger partial charge is 0.425 e. The topological polar surface area (TPSA) is 118 Å². The number of hydrogen-bond donors (Lipinski definition) is 2. The molecule has 2 N–H and O–H groups in total. The quantitative estimate of drug-likeness (QED) is 0.305. The van der Waals surface area contributed by atoms with Gasteiger partial charge in [0.1, 0.15) is 17.6 Å². The van der Waals surface area contributed by atoms with Gasteiger partial charge in [-0.2, -0.15) is 5.10 Å². The first kappa shape index (κ1) is 23.1. The van der Waals surface area contributed by atoms with Gasteiger partial charge in [0.15, 0.2) is 0 Å². The summed E-state index contributed by atoms with van der Waals surface area (Å²) < 4.78 is 7.20. The Labute approximate surface area is 196 Å². The molecule has 0 fully saturated rings. The van der Waals surface area contributed by atoms with Gasteiger partial charge >= 0.3 is 6.09 Å². The van der Waals surface area contributed by atoms with E-state index in [0.717, 1.165) is 32.7 Å². The standard InChI is InChI=1S/C24H27N7O3/c1-24(2,3)34-23(33)30(11-12-32)26-15-21-22(18-9-10-20-19(13-18)14-25-27-20)28-29-31(21)16-17-7-5-4-6-8-17/h4-10,12-14,26H,11,15-16H2,1-3H3,(H,25,27). The van der Waals surface area contributed by atoms with Crippen LogP contribution in [0.4, 0.5) is 4.79 Å². The van der Waals surface area contributed by atoms with Crippen molar-refractivity contribution in [3.63, 3.8) is 0 Å². The van der Waals surface area contributed by atoms with E-state index >= 15 is 0 Å². The van der Waals surface area contributed by atoms with Gasteiger partial charge in [-0.05, 0) is 38.5 Å². The number of H-pyrrole nitrogens is 1. The van der Waals surface area contributed by atoms with Crippen LogP contribution < -0.4 is 5.43 Å². The molecule has 0 aliphatic heterocycles. The molecular formula is C24H27N7O3. The number of aromatic nitrogens is 5. The molecule has 2 aromatic carbocycles. The second-order valence-corrected chi connectivity index (χ2v) is 8.79. The number of nitrogens with zero attached hydrogens (tertiary/aromatic N) is 5. The zero-order chi connectivity index (χ0) is 24.1. The molecule has 0 aliphatic carbocycles. The lowest BCUT2D eigenvalue weighted by Gasteiger charge is -2.26. The first-order chi connectivity index (χ1) is 16.3. The van der Waals surface area contributed by atoms with Crippen molar-refractivity contribution in [2.75, 3.05) is 6.54 Å². The van der Waals surface area contributed by atoms with Crippen molar-refractivity contribution in [2.24, 2.45) is 0 Å². The molecule has 2 aromatic heterocycles. The third-order valence-corrected chi connectivity index (χ3v) is 5.03. The minimum Gasteiger partial charge on any atom is -0.443 e. The molecule has 0 aliphatic rings. The van der Waals surface area contributed by atoms with Crippen molar-refractivity contribution in [2.45, 2.75) is 39.5 Å². The number of rotatable bonds is 8. The second-order valence-electron chi connectivity index (χ2n) is 8.79. The van der Waals surface area contributed by atoms with Crippen LogP contribution in [0.25, 0.3) is 22.2 Å². The first-order valence-electron chi connectivity index (χ1n) is 10.9. The summed E-state index contributed by atoms with van der Waals surface area (Å²) in [4.78, 5) is 23.8. The van der Waals surface area contributed by atoms with Crippen LogP contribution >= 0.6 is 0 Å². The Morgan fingerprint density at radius 2 is 2.00 bits per heavy atom. The van der Waals surface area contributed by atoms with Gasteiger partial charge in [0, 0.05) is 10.9 Å². The molecule has 0 saturated carbocycles. The van der Waals surface area contributed by atoms with Crippen LogP contribution in [-0.4, -0.2) is 54.7 Å². The molecule has 0 atom stereocenters. The Kier molecular flexibility index (Phi) is 6.69. The number of hydrazine groups is 1. The van der Waals surface area contributed by atoms with Gasteiger partial charge in [0.25, 0.3) is 0 Å². The van der Waals surface area contributed by atoms with Crippen LogP contribution in [0, 0.1) is 0 Å². The van der Waals surface area contributed by atoms with Gasteiger partial charge in [-0.15, -0.1) is 5.10 Å². The normalized spacial score (nSPS) is 11.5. The number of benzene rings is 2. The monoisotopic (exact) mass is 461 g/mol. The van der Waals surface area contributed by atoms with Crippen molar-refractivity contribution in [3.05, 3.63) is 66.0 Å². The predicted molar refractivity (Wildman–Crippen MR) is 126 cm³/mol. The van der Waals surface area contributed by atoms with Crippen LogP contribution in [0.1, 0.15) is 32.0 Å². The average Bonchev–Trinajstić information content (AvgIpc) is 3.42. The number of carbonyl (C=O) groups is 2. The van der Waals surface area contributed by atoms with E-state index in [1.807, 2.05) is 48.5 Å². The van der Waals surface area contributed by atoms with Crippen molar-refractivity contribution >= 4 is 23.3 Å². The first-order valence-corrected chi connectivity index (χ1v) is 10.9. The number of aldehydes is 1. The van der Waals surface area contributed by atoms with E-state index in [4.69, 9.17) is 4.74 Å². The molecule has 34 heavy (non-hydrogen) atoms. The maximum atomic E-state index is 12.6. The number of fused-ring (bicyclic) bond motifs is 1. The van der Waals surface area contributed by atoms with Crippen LogP contribution in [-0.2, 0) is 22.6 Å². The van der Waals surface area contributed by atoms with Crippen molar-refractivity contribution in [3.8, 4) is 11.3 Å². The van der Waals surface area contributed by atoms with E-state index in [2.05, 4.69) is 25.9 Å². The highest BCUT2D eigenvalue weighted by Gasteiger charge is 2.23. The summed E-state index contributed by atoms with van der Waals surface area (Å²) in [5, 5.41) is 17.9. The van der Waals surface area contributed by atoms with Crippen LogP contribution in [0.3, 0.4) is 0 Å². The SMILES string of the molecule is CC(C)(C)OC(=O)N(CC=O)NCc1c(-c2ccc3[nH]ncc3c2)nnn1Cc1ccccc1. The number of ether oxygens (including phenoxy) is 1. The lowest BCUT2D eigenvalue weighted by molar-refractivity contribution is -0.109. The minimum atomic E-state index is -0.693. The highest BCUT2D eigenvalue weighted by Crippen LogP contribution is 2.25. The number of aromatic amines is 1. The molecule has 4 aromatic rings. The number of amides is 1. The second kappa shape index (κ2) is 9.84. The van der Waals surface area contributed by atoms with Gasteiger partial charge < -0.3 is 9.53 Å². The van der Waals surface area contributed by atoms with E-state index in [-0.39, 0.29) is 13.1 Å². The van der Waals surface area contributed by atoms with Gasteiger partial charge in [-0.25, -0.2) is 19.9 Å². The summed E-state index contributed by atoms with van der Waals surface area (Å²) in [6.07, 6.45) is 1.76. The molecule has 0 radical (unpaired) electrons. The third kappa shape index (κ3) is 5.46. The summed E-state index contributed by atoms with van der Waals surface area (Å²) in [5.41, 5.74) is 6.59. The number of nitrogens with one attached hydrogen (secondary N) is 2. The zero-order valence-corrected chi connectivity index (χ0v) is 19.4. The zero-order valence-electron chi connectivity index (χ0n) is 19.4. The van der Waals surface area contributed by atoms with Crippen molar-refractivity contribution in [1.82, 2.24) is 35.6 Å². The summed E-state index contributed by atoms with van der Waals surface area (Å²) in [6.45, 7) is 5.85. The van der Waals surface area contributed by atoms with E-state index in [1.54, 1.807) is 31.6 Å². The highest BCUT2D eigenvalue weighted by molar-refractivity contribution is 5.83. The van der Waals surface area contributed by atoms with E-state index in [9.17, 15) is 9.59 Å². The van der Waals surface area contributed by atoms with E-state index in [0.29, 0.717) is 18.5 Å². The largest absolute Gasteiger partial charge is 0.443 e. The summed E-state index contributed by atoms with van der Waals surface area (Å²) >= 11 is 0. The van der Waals surface area contributed by atoms with Crippen LogP contribution in [0.2, 0.25) is 0 Å². The average molecular weight is 462 g/mol. The number of carbonyl (C=O) groups excluding carboxylic acids is 2. The lowest BCUT2D eigenvalue weighted by Crippen LogP contribution is -2.46. The molecule has 0 unspecified atom stereocenters. The number of hydrogen-bond acceptors (Lipinski definition) is 7. The Balaban J connectivity index is 1.65. The lowest BCUT2D eigenvalue weighted by atomic mass is 10.1. The predicted octanol–water partition coefficient (Wildman–Crippen LogP) is 3.31. The van der Waals surface area contributed by atoms with Gasteiger partial charge in [-0.3, -0.25) is 5.10 Å². The molecule has 10 heteroatoms. The molecule has 176 valence electrons. The van der Waals surface area contributed by atoms with E-state index < -0.39 is 11.7 Å². The van der Waals surface area contributed by atoms with Crippen LogP contribution in [0.5, 0.6) is 0 Å². The van der Waals surface area contributed by atoms with Crippen LogP contribution in [0.15, 0.2) is 54.7 Å². The Hall–Kier alpha value is -4.05. The Morgan fingerprint density at radius 1 is 1.21 bits per heavy atom. The molecule has 1 amide bonds. The fraction of sp³-hybridized carbons (Fsp3) is 0.292. The Morgan fingerprint density at radius 3 is 2.74 bits per heavy atom. The molecule has 0 bridgehead atoms. The maximum absolute atomic E-state index is 12.6. The molecule has 4 rings (SSSR count). The van der Waals surface area contributed by atoms with Gasteiger partial charge in [-0.1, -0.05) is 41.6 Å². The molecule has 2 heterocycles. The van der Waals surface area contributed by atoms with Crippen molar-refractivity contribution in [1.29, 1.82) is 0 Å². The maximum Gasteiger partial charge on any atom is 0.425 e. The van der Waals surface area contributed by atoms with Gasteiger partial charge in [0.05, 0.1) is 37.0 Å². The molecular weight excluding hydrogens is 434 g/mol. The molecule has 0 saturated heterocycles. The third-order valence-electron chi connectivity index (χ3n) is 5.03. The fourth-order valence-electron chi connectivity index (χ4n) is 3.47.